The molecular weight excluding hydrogens is 278 g/mol. The maximum Gasteiger partial charge on any atom is 0.0934 e. The molecule has 1 saturated carbocycles. The van der Waals surface area contributed by atoms with Crippen LogP contribution in [0.4, 0.5) is 0 Å². The largest absolute Gasteiger partial charge is 0.377 e. The smallest absolute Gasteiger partial charge is 0.0934 e. The van der Waals surface area contributed by atoms with Crippen LogP contribution in [-0.2, 0) is 11.2 Å². The Morgan fingerprint density at radius 1 is 1.26 bits per heavy atom. The van der Waals surface area contributed by atoms with Crippen LogP contribution in [0.2, 0.25) is 4.34 Å². The second kappa shape index (κ2) is 6.57. The molecule has 0 aromatic carbocycles. The van der Waals surface area contributed by atoms with Crippen LogP contribution in [0.15, 0.2) is 6.07 Å². The van der Waals surface area contributed by atoms with Gasteiger partial charge in [-0.1, -0.05) is 30.9 Å². The molecule has 1 unspecified atom stereocenters. The molecule has 1 heterocycles. The number of thiophene rings is 1. The molecule has 0 spiro atoms. The van der Waals surface area contributed by atoms with Gasteiger partial charge in [0, 0.05) is 17.5 Å². The SMILES string of the molecule is Clc1cc2c(s1)CCC2NCCOC1CCCCC1. The molecule has 2 aliphatic rings. The van der Waals surface area contributed by atoms with Crippen molar-refractivity contribution in [3.05, 3.63) is 20.8 Å². The normalized spacial score (nSPS) is 23.7. The van der Waals surface area contributed by atoms with Crippen molar-refractivity contribution < 1.29 is 4.74 Å². The van der Waals surface area contributed by atoms with Gasteiger partial charge < -0.3 is 10.1 Å². The van der Waals surface area contributed by atoms with Gasteiger partial charge >= 0.3 is 0 Å². The highest BCUT2D eigenvalue weighted by Crippen LogP contribution is 2.39. The van der Waals surface area contributed by atoms with Crippen LogP contribution in [0, 0.1) is 0 Å². The monoisotopic (exact) mass is 299 g/mol. The Kier molecular flexibility index (Phi) is 4.80. The lowest BCUT2D eigenvalue weighted by Gasteiger charge is -2.22. The third-order valence-corrected chi connectivity index (χ3v) is 5.59. The summed E-state index contributed by atoms with van der Waals surface area (Å²) in [5.41, 5.74) is 1.42. The van der Waals surface area contributed by atoms with Gasteiger partial charge in [-0.2, -0.15) is 0 Å². The molecule has 1 fully saturated rings. The maximum absolute atomic E-state index is 6.07. The highest BCUT2D eigenvalue weighted by Gasteiger charge is 2.24. The number of rotatable bonds is 5. The molecule has 1 aromatic heterocycles. The van der Waals surface area contributed by atoms with Gasteiger partial charge in [-0.05, 0) is 37.3 Å². The fourth-order valence-corrected chi connectivity index (χ4v) is 4.59. The summed E-state index contributed by atoms with van der Waals surface area (Å²) < 4.78 is 6.88. The van der Waals surface area contributed by atoms with E-state index in [0.29, 0.717) is 12.1 Å². The first-order valence-corrected chi connectivity index (χ1v) is 8.65. The minimum Gasteiger partial charge on any atom is -0.377 e. The summed E-state index contributed by atoms with van der Waals surface area (Å²) in [6.07, 6.45) is 9.50. The average molecular weight is 300 g/mol. The van der Waals surface area contributed by atoms with Crippen LogP contribution < -0.4 is 5.32 Å². The van der Waals surface area contributed by atoms with Gasteiger partial charge in [-0.25, -0.2) is 0 Å². The van der Waals surface area contributed by atoms with Crippen LogP contribution in [0.1, 0.15) is 55.0 Å². The van der Waals surface area contributed by atoms with Crippen molar-refractivity contribution in [2.45, 2.75) is 57.1 Å². The quantitative estimate of drug-likeness (QED) is 0.817. The number of aryl methyl sites for hydroxylation is 1. The van der Waals surface area contributed by atoms with Crippen LogP contribution in [0.25, 0.3) is 0 Å². The molecule has 0 saturated heterocycles. The standard InChI is InChI=1S/C15H22ClNOS/c16-15-10-12-13(6-7-14(12)19-15)17-8-9-18-11-4-2-1-3-5-11/h10-11,13,17H,1-9H2. The molecule has 19 heavy (non-hydrogen) atoms. The molecule has 0 amide bonds. The summed E-state index contributed by atoms with van der Waals surface area (Å²) in [6, 6.07) is 2.63. The fourth-order valence-electron chi connectivity index (χ4n) is 3.23. The summed E-state index contributed by atoms with van der Waals surface area (Å²) in [7, 11) is 0. The first-order valence-electron chi connectivity index (χ1n) is 7.46. The van der Waals surface area contributed by atoms with Crippen molar-refractivity contribution in [3.8, 4) is 0 Å². The predicted octanol–water partition coefficient (Wildman–Crippen LogP) is 4.33. The summed E-state index contributed by atoms with van der Waals surface area (Å²) in [6.45, 7) is 1.79. The Morgan fingerprint density at radius 2 is 2.11 bits per heavy atom. The Hall–Kier alpha value is -0.0900. The van der Waals surface area contributed by atoms with Gasteiger partial charge in [0.2, 0.25) is 0 Å². The molecular formula is C15H22ClNOS. The number of nitrogens with one attached hydrogen (secondary N) is 1. The van der Waals surface area contributed by atoms with Gasteiger partial charge in [-0.3, -0.25) is 0 Å². The molecule has 2 nitrogen and oxygen atoms in total. The Labute approximate surface area is 124 Å². The van der Waals surface area contributed by atoms with E-state index in [-0.39, 0.29) is 0 Å². The first kappa shape index (κ1) is 13.9. The van der Waals surface area contributed by atoms with E-state index in [1.165, 1.54) is 55.4 Å². The van der Waals surface area contributed by atoms with Crippen molar-refractivity contribution in [2.24, 2.45) is 0 Å². The lowest BCUT2D eigenvalue weighted by atomic mass is 9.98. The van der Waals surface area contributed by atoms with Gasteiger partial charge in [0.1, 0.15) is 0 Å². The number of ether oxygens (including phenoxy) is 1. The number of halogens is 1. The van der Waals surface area contributed by atoms with Crippen molar-refractivity contribution in [3.63, 3.8) is 0 Å². The zero-order chi connectivity index (χ0) is 13.1. The lowest BCUT2D eigenvalue weighted by Crippen LogP contribution is -2.26. The van der Waals surface area contributed by atoms with Crippen LogP contribution in [0.5, 0.6) is 0 Å². The second-order valence-electron chi connectivity index (χ2n) is 5.61. The third-order valence-electron chi connectivity index (χ3n) is 4.25. The van der Waals surface area contributed by atoms with Crippen LogP contribution >= 0.6 is 22.9 Å². The fraction of sp³-hybridized carbons (Fsp3) is 0.733. The molecule has 1 atom stereocenters. The van der Waals surface area contributed by atoms with Crippen molar-refractivity contribution in [2.75, 3.05) is 13.2 Å². The highest BCUT2D eigenvalue weighted by molar-refractivity contribution is 7.16. The highest BCUT2D eigenvalue weighted by atomic mass is 35.5. The second-order valence-corrected chi connectivity index (χ2v) is 7.37. The summed E-state index contributed by atoms with van der Waals surface area (Å²) in [5, 5.41) is 3.61. The van der Waals surface area contributed by atoms with Crippen molar-refractivity contribution in [1.29, 1.82) is 0 Å². The van der Waals surface area contributed by atoms with E-state index in [1.807, 2.05) is 0 Å². The minimum absolute atomic E-state index is 0.494. The topological polar surface area (TPSA) is 21.3 Å². The van der Waals surface area contributed by atoms with E-state index in [0.717, 1.165) is 17.5 Å². The molecule has 2 aliphatic carbocycles. The van der Waals surface area contributed by atoms with E-state index in [9.17, 15) is 0 Å². The molecule has 4 heteroatoms. The van der Waals surface area contributed by atoms with E-state index >= 15 is 0 Å². The predicted molar refractivity (Wildman–Crippen MR) is 81.2 cm³/mol. The van der Waals surface area contributed by atoms with E-state index in [2.05, 4.69) is 11.4 Å². The molecule has 3 rings (SSSR count). The summed E-state index contributed by atoms with van der Waals surface area (Å²) in [4.78, 5) is 1.47. The molecule has 1 N–H and O–H groups in total. The van der Waals surface area contributed by atoms with Crippen LogP contribution in [0.3, 0.4) is 0 Å². The van der Waals surface area contributed by atoms with Gasteiger partial charge in [0.05, 0.1) is 17.0 Å². The molecule has 1 aromatic rings. The zero-order valence-electron chi connectivity index (χ0n) is 11.3. The number of hydrogen-bond donors (Lipinski definition) is 1. The van der Waals surface area contributed by atoms with Gasteiger partial charge in [-0.15, -0.1) is 11.3 Å². The lowest BCUT2D eigenvalue weighted by molar-refractivity contribution is 0.0294. The third kappa shape index (κ3) is 3.52. The van der Waals surface area contributed by atoms with Gasteiger partial charge in [0.25, 0.3) is 0 Å². The summed E-state index contributed by atoms with van der Waals surface area (Å²) in [5.74, 6) is 0. The van der Waals surface area contributed by atoms with E-state index in [1.54, 1.807) is 11.3 Å². The Bertz CT molecular complexity index is 414. The van der Waals surface area contributed by atoms with Gasteiger partial charge in [0.15, 0.2) is 0 Å². The molecule has 106 valence electrons. The maximum atomic E-state index is 6.07. The average Bonchev–Trinajstić information content (AvgIpc) is 2.96. The Morgan fingerprint density at radius 3 is 2.95 bits per heavy atom. The van der Waals surface area contributed by atoms with E-state index in [4.69, 9.17) is 16.3 Å². The van der Waals surface area contributed by atoms with Crippen molar-refractivity contribution in [1.82, 2.24) is 5.32 Å². The number of fused-ring (bicyclic) bond motifs is 1. The van der Waals surface area contributed by atoms with E-state index < -0.39 is 0 Å². The minimum atomic E-state index is 0.494. The summed E-state index contributed by atoms with van der Waals surface area (Å²) >= 11 is 7.81. The molecule has 0 radical (unpaired) electrons. The first-order chi connectivity index (χ1) is 9.33. The Balaban J connectivity index is 1.38. The van der Waals surface area contributed by atoms with Crippen LogP contribution in [-0.4, -0.2) is 19.3 Å². The molecule has 0 aliphatic heterocycles. The molecule has 0 bridgehead atoms. The zero-order valence-corrected chi connectivity index (χ0v) is 12.9. The van der Waals surface area contributed by atoms with Crippen molar-refractivity contribution >= 4 is 22.9 Å². The number of hydrogen-bond acceptors (Lipinski definition) is 3.